The quantitative estimate of drug-likeness (QED) is 0.436. The highest BCUT2D eigenvalue weighted by molar-refractivity contribution is 7.89. The Bertz CT molecular complexity index is 1460. The van der Waals surface area contributed by atoms with Crippen LogP contribution in [0.25, 0.3) is 22.3 Å². The normalized spacial score (nSPS) is 11.4. The number of halogens is 2. The minimum atomic E-state index is -4.51. The number of nitrogens with one attached hydrogen (secondary N) is 1. The molecule has 0 aliphatic heterocycles. The van der Waals surface area contributed by atoms with Crippen LogP contribution in [-0.4, -0.2) is 32.6 Å². The van der Waals surface area contributed by atoms with Gasteiger partial charge in [-0.1, -0.05) is 12.1 Å². The second-order valence-electron chi connectivity index (χ2n) is 6.94. The first-order valence-corrected chi connectivity index (χ1v) is 11.0. The largest absolute Gasteiger partial charge is 0.497 e. The van der Waals surface area contributed by atoms with Crippen LogP contribution in [0.3, 0.4) is 0 Å². The van der Waals surface area contributed by atoms with Crippen molar-refractivity contribution in [2.45, 2.75) is 4.90 Å². The Morgan fingerprint density at radius 2 is 1.52 bits per heavy atom. The number of benzene rings is 3. The lowest BCUT2D eigenvalue weighted by atomic mass is 10.1. The summed E-state index contributed by atoms with van der Waals surface area (Å²) in [5.41, 5.74) is 0.590. The second kappa shape index (κ2) is 8.60. The van der Waals surface area contributed by atoms with E-state index in [2.05, 4.69) is 15.3 Å². The number of anilines is 2. The van der Waals surface area contributed by atoms with Crippen LogP contribution in [0, 0.1) is 11.6 Å². The van der Waals surface area contributed by atoms with E-state index in [9.17, 15) is 17.2 Å². The number of ether oxygens (including phenoxy) is 2. The molecule has 0 spiro atoms. The summed E-state index contributed by atoms with van der Waals surface area (Å²) in [7, 11) is -1.55. The molecule has 170 valence electrons. The first-order valence-electron chi connectivity index (χ1n) is 9.48. The summed E-state index contributed by atoms with van der Waals surface area (Å²) in [6.07, 6.45) is 0. The first kappa shape index (κ1) is 22.4. The number of hydrogen-bond acceptors (Lipinski definition) is 7. The predicted octanol–water partition coefficient (Wildman–Crippen LogP) is 3.98. The number of hydrogen-bond donors (Lipinski definition) is 2. The maximum Gasteiger partial charge on any atom is 0.238 e. The van der Waals surface area contributed by atoms with Crippen LogP contribution in [0.15, 0.2) is 59.5 Å². The van der Waals surface area contributed by atoms with Crippen molar-refractivity contribution >= 4 is 32.6 Å². The van der Waals surface area contributed by atoms with Crippen molar-refractivity contribution in [2.24, 2.45) is 5.14 Å². The zero-order valence-electron chi connectivity index (χ0n) is 17.5. The van der Waals surface area contributed by atoms with Gasteiger partial charge in [-0.15, -0.1) is 0 Å². The maximum absolute atomic E-state index is 15.0. The number of aromatic nitrogens is 2. The van der Waals surface area contributed by atoms with Gasteiger partial charge in [-0.05, 0) is 18.2 Å². The fourth-order valence-electron chi connectivity index (χ4n) is 3.28. The molecule has 8 nitrogen and oxygen atoms in total. The average Bonchev–Trinajstić information content (AvgIpc) is 2.77. The van der Waals surface area contributed by atoms with Crippen molar-refractivity contribution in [3.05, 3.63) is 66.2 Å². The standard InChI is InChI=1S/C22H18F2N4O4S/c1-31-14-9-13(10-15(11-14)32-2)26-22-21(27-17-5-3-4-6-18(17)28-22)20-16(24)7-12(23)8-19(20)33(25,29)30/h3-11H,1-2H3,(H,26,28)(H2,25,29,30). The van der Waals surface area contributed by atoms with E-state index in [-0.39, 0.29) is 11.5 Å². The zero-order valence-corrected chi connectivity index (χ0v) is 18.3. The van der Waals surface area contributed by atoms with Crippen LogP contribution in [0.1, 0.15) is 0 Å². The summed E-state index contributed by atoms with van der Waals surface area (Å²) < 4.78 is 63.7. The van der Waals surface area contributed by atoms with Crippen molar-refractivity contribution < 1.29 is 26.7 Å². The van der Waals surface area contributed by atoms with E-state index < -0.39 is 32.1 Å². The van der Waals surface area contributed by atoms with Gasteiger partial charge in [-0.3, -0.25) is 0 Å². The van der Waals surface area contributed by atoms with E-state index in [1.165, 1.54) is 14.2 Å². The van der Waals surface area contributed by atoms with E-state index in [1.54, 1.807) is 42.5 Å². The van der Waals surface area contributed by atoms with Crippen molar-refractivity contribution in [1.29, 1.82) is 0 Å². The summed E-state index contributed by atoms with van der Waals surface area (Å²) >= 11 is 0. The fourth-order valence-corrected chi connectivity index (χ4v) is 4.04. The molecule has 0 aliphatic rings. The highest BCUT2D eigenvalue weighted by Gasteiger charge is 2.25. The fraction of sp³-hybridized carbons (Fsp3) is 0.0909. The predicted molar refractivity (Wildman–Crippen MR) is 119 cm³/mol. The van der Waals surface area contributed by atoms with E-state index in [0.717, 1.165) is 0 Å². The number of primary sulfonamides is 1. The van der Waals surface area contributed by atoms with Gasteiger partial charge in [0, 0.05) is 30.0 Å². The van der Waals surface area contributed by atoms with Crippen LogP contribution in [0.2, 0.25) is 0 Å². The molecule has 0 aliphatic carbocycles. The van der Waals surface area contributed by atoms with Crippen molar-refractivity contribution in [2.75, 3.05) is 19.5 Å². The van der Waals surface area contributed by atoms with Gasteiger partial charge in [0.2, 0.25) is 10.0 Å². The molecule has 1 aromatic heterocycles. The number of nitrogens with two attached hydrogens (primary N) is 1. The lowest BCUT2D eigenvalue weighted by Gasteiger charge is -2.16. The Labute approximate surface area is 188 Å². The summed E-state index contributed by atoms with van der Waals surface area (Å²) in [5.74, 6) is -1.31. The number of fused-ring (bicyclic) bond motifs is 1. The first-order chi connectivity index (χ1) is 15.7. The Balaban J connectivity index is 2.01. The molecule has 0 saturated carbocycles. The molecule has 4 rings (SSSR count). The monoisotopic (exact) mass is 472 g/mol. The molecule has 0 unspecified atom stereocenters. The summed E-state index contributed by atoms with van der Waals surface area (Å²) in [5, 5.41) is 8.26. The van der Waals surface area contributed by atoms with Gasteiger partial charge in [-0.2, -0.15) is 0 Å². The van der Waals surface area contributed by atoms with Crippen LogP contribution in [-0.2, 0) is 10.0 Å². The summed E-state index contributed by atoms with van der Waals surface area (Å²) in [6.45, 7) is 0. The Morgan fingerprint density at radius 1 is 0.909 bits per heavy atom. The molecule has 33 heavy (non-hydrogen) atoms. The van der Waals surface area contributed by atoms with Crippen molar-refractivity contribution in [3.63, 3.8) is 0 Å². The molecule has 3 N–H and O–H groups in total. The van der Waals surface area contributed by atoms with E-state index in [0.29, 0.717) is 40.4 Å². The number of para-hydroxylation sites is 2. The maximum atomic E-state index is 15.0. The SMILES string of the molecule is COc1cc(Nc2nc3ccccc3nc2-c2c(F)cc(F)cc2S(N)(=O)=O)cc(OC)c1. The number of methoxy groups -OCH3 is 2. The molecule has 0 amide bonds. The third-order valence-electron chi connectivity index (χ3n) is 4.75. The van der Waals surface area contributed by atoms with Gasteiger partial charge >= 0.3 is 0 Å². The lowest BCUT2D eigenvalue weighted by Crippen LogP contribution is -2.15. The van der Waals surface area contributed by atoms with Crippen LogP contribution < -0.4 is 19.9 Å². The molecule has 0 saturated heterocycles. The second-order valence-corrected chi connectivity index (χ2v) is 8.47. The van der Waals surface area contributed by atoms with Crippen LogP contribution in [0.4, 0.5) is 20.3 Å². The Morgan fingerprint density at radius 3 is 2.09 bits per heavy atom. The third-order valence-corrected chi connectivity index (χ3v) is 5.68. The smallest absolute Gasteiger partial charge is 0.238 e. The van der Waals surface area contributed by atoms with Gasteiger partial charge < -0.3 is 14.8 Å². The van der Waals surface area contributed by atoms with Gasteiger partial charge in [0.1, 0.15) is 28.8 Å². The molecular formula is C22H18F2N4O4S. The minimum absolute atomic E-state index is 0.0133. The minimum Gasteiger partial charge on any atom is -0.497 e. The number of sulfonamides is 1. The van der Waals surface area contributed by atoms with E-state index in [4.69, 9.17) is 14.6 Å². The molecule has 4 aromatic rings. The molecule has 0 atom stereocenters. The molecule has 0 radical (unpaired) electrons. The molecule has 0 bridgehead atoms. The zero-order chi connectivity index (χ0) is 23.8. The lowest BCUT2D eigenvalue weighted by molar-refractivity contribution is 0.395. The third kappa shape index (κ3) is 4.54. The molecule has 0 fully saturated rings. The highest BCUT2D eigenvalue weighted by atomic mass is 32.2. The van der Waals surface area contributed by atoms with Crippen LogP contribution >= 0.6 is 0 Å². The number of rotatable bonds is 6. The van der Waals surface area contributed by atoms with Gasteiger partial charge in [0.15, 0.2) is 5.82 Å². The summed E-state index contributed by atoms with van der Waals surface area (Å²) in [6, 6.07) is 12.9. The van der Waals surface area contributed by atoms with Gasteiger partial charge in [0.05, 0.1) is 35.7 Å². The van der Waals surface area contributed by atoms with E-state index >= 15 is 0 Å². The van der Waals surface area contributed by atoms with Crippen molar-refractivity contribution in [1.82, 2.24) is 9.97 Å². The Kier molecular flexibility index (Phi) is 5.83. The summed E-state index contributed by atoms with van der Waals surface area (Å²) in [4.78, 5) is 8.16. The molecular weight excluding hydrogens is 454 g/mol. The molecule has 3 aromatic carbocycles. The van der Waals surface area contributed by atoms with Gasteiger partial charge in [0.25, 0.3) is 0 Å². The molecule has 11 heteroatoms. The molecule has 1 heterocycles. The topological polar surface area (TPSA) is 116 Å². The van der Waals surface area contributed by atoms with E-state index in [1.807, 2.05) is 0 Å². The highest BCUT2D eigenvalue weighted by Crippen LogP contribution is 2.37. The average molecular weight is 472 g/mol. The van der Waals surface area contributed by atoms with Crippen molar-refractivity contribution in [3.8, 4) is 22.8 Å². The van der Waals surface area contributed by atoms with Gasteiger partial charge in [-0.25, -0.2) is 32.3 Å². The van der Waals surface area contributed by atoms with Crippen LogP contribution in [0.5, 0.6) is 11.5 Å². The Hall–Kier alpha value is -3.83. The number of nitrogens with zero attached hydrogens (tertiary/aromatic N) is 2.